The molecule has 3 heterocycles. The quantitative estimate of drug-likeness (QED) is 0.710. The van der Waals surface area contributed by atoms with Gasteiger partial charge in [0.2, 0.25) is 0 Å². The highest BCUT2D eigenvalue weighted by atomic mass is 16.1. The average molecular weight is 349 g/mol. The van der Waals surface area contributed by atoms with Crippen molar-refractivity contribution in [3.05, 3.63) is 58.0 Å². The number of aryl methyl sites for hydroxylation is 2. The van der Waals surface area contributed by atoms with Gasteiger partial charge in [-0.05, 0) is 43.0 Å². The van der Waals surface area contributed by atoms with E-state index in [-0.39, 0.29) is 5.56 Å². The summed E-state index contributed by atoms with van der Waals surface area (Å²) in [6.45, 7) is 7.49. The molecule has 0 spiro atoms. The van der Waals surface area contributed by atoms with Gasteiger partial charge in [0, 0.05) is 38.6 Å². The average Bonchev–Trinajstić information content (AvgIpc) is 2.66. The molecule has 0 bridgehead atoms. The van der Waals surface area contributed by atoms with Gasteiger partial charge in [-0.1, -0.05) is 17.7 Å². The molecule has 0 atom stereocenters. The van der Waals surface area contributed by atoms with E-state index < -0.39 is 0 Å². The number of anilines is 2. The smallest absolute Gasteiger partial charge is 0.259 e. The van der Waals surface area contributed by atoms with E-state index in [1.165, 1.54) is 0 Å². The van der Waals surface area contributed by atoms with E-state index in [9.17, 15) is 4.79 Å². The van der Waals surface area contributed by atoms with Crippen LogP contribution in [0.15, 0.2) is 41.3 Å². The van der Waals surface area contributed by atoms with Gasteiger partial charge in [0.05, 0.1) is 6.20 Å². The fraction of sp³-hybridized carbons (Fsp3) is 0.350. The normalized spacial score (nSPS) is 14.9. The third-order valence-electron chi connectivity index (χ3n) is 5.17. The highest BCUT2D eigenvalue weighted by Gasteiger charge is 2.22. The first-order valence-electron chi connectivity index (χ1n) is 8.93. The molecule has 134 valence electrons. The molecule has 3 aromatic rings. The van der Waals surface area contributed by atoms with Crippen LogP contribution in [0.3, 0.4) is 0 Å². The van der Waals surface area contributed by atoms with E-state index in [0.29, 0.717) is 0 Å². The van der Waals surface area contributed by atoms with Gasteiger partial charge < -0.3 is 9.80 Å². The number of hydrogen-bond acceptors (Lipinski definition) is 5. The molecule has 4 rings (SSSR count). The van der Waals surface area contributed by atoms with Crippen LogP contribution in [-0.4, -0.2) is 40.9 Å². The van der Waals surface area contributed by atoms with Gasteiger partial charge in [0.1, 0.15) is 5.82 Å². The monoisotopic (exact) mass is 349 g/mol. The van der Waals surface area contributed by atoms with Crippen molar-refractivity contribution < 1.29 is 0 Å². The van der Waals surface area contributed by atoms with Crippen molar-refractivity contribution in [2.75, 3.05) is 36.0 Å². The Labute approximate surface area is 152 Å². The van der Waals surface area contributed by atoms with Gasteiger partial charge in [0.25, 0.3) is 5.56 Å². The molecule has 1 aliphatic rings. The third kappa shape index (κ3) is 2.81. The predicted molar refractivity (Wildman–Crippen MR) is 105 cm³/mol. The zero-order valence-corrected chi connectivity index (χ0v) is 15.4. The Balaban J connectivity index is 1.62. The lowest BCUT2D eigenvalue weighted by Gasteiger charge is -2.37. The summed E-state index contributed by atoms with van der Waals surface area (Å²) in [5.74, 6) is 1.93. The van der Waals surface area contributed by atoms with E-state index in [1.54, 1.807) is 10.8 Å². The number of rotatable bonds is 2. The molecule has 0 N–H and O–H groups in total. The minimum absolute atomic E-state index is 0.0633. The lowest BCUT2D eigenvalue weighted by Crippen LogP contribution is -2.48. The molecule has 1 aromatic carbocycles. The predicted octanol–water partition coefficient (Wildman–Crippen LogP) is 2.27. The molecule has 0 saturated carbocycles. The Morgan fingerprint density at radius 2 is 1.69 bits per heavy atom. The van der Waals surface area contributed by atoms with Gasteiger partial charge >= 0.3 is 0 Å². The molecule has 1 aliphatic heterocycles. The number of piperazine rings is 1. The second-order valence-electron chi connectivity index (χ2n) is 6.97. The molecule has 0 radical (unpaired) electrons. The summed E-state index contributed by atoms with van der Waals surface area (Å²) in [4.78, 5) is 17.3. The van der Waals surface area contributed by atoms with E-state index in [4.69, 9.17) is 0 Å². The number of benzene rings is 1. The van der Waals surface area contributed by atoms with Gasteiger partial charge in [-0.2, -0.15) is 5.10 Å². The van der Waals surface area contributed by atoms with Crippen molar-refractivity contribution >= 4 is 22.4 Å². The zero-order valence-electron chi connectivity index (χ0n) is 15.4. The van der Waals surface area contributed by atoms with Crippen molar-refractivity contribution in [2.45, 2.75) is 13.8 Å². The van der Waals surface area contributed by atoms with E-state index >= 15 is 0 Å². The Morgan fingerprint density at radius 3 is 2.42 bits per heavy atom. The minimum atomic E-state index is 0.0633. The lowest BCUT2D eigenvalue weighted by atomic mass is 10.1. The van der Waals surface area contributed by atoms with Crippen LogP contribution < -0.4 is 15.4 Å². The molecule has 6 nitrogen and oxygen atoms in total. The third-order valence-corrected chi connectivity index (χ3v) is 5.17. The second-order valence-corrected chi connectivity index (χ2v) is 6.97. The van der Waals surface area contributed by atoms with E-state index in [1.807, 2.05) is 32.2 Å². The summed E-state index contributed by atoms with van der Waals surface area (Å²) in [5.41, 5.74) is 2.31. The number of nitrogens with zero attached hydrogens (tertiary/aromatic N) is 5. The maximum Gasteiger partial charge on any atom is 0.259 e. The molecule has 0 amide bonds. The molecular formula is C20H23N5O. The Morgan fingerprint density at radius 1 is 0.962 bits per heavy atom. The maximum atomic E-state index is 12.8. The fourth-order valence-electron chi connectivity index (χ4n) is 3.65. The molecule has 0 unspecified atom stereocenters. The lowest BCUT2D eigenvalue weighted by molar-refractivity contribution is 0.623. The Bertz CT molecular complexity index is 1020. The van der Waals surface area contributed by atoms with Crippen LogP contribution in [0, 0.1) is 13.8 Å². The van der Waals surface area contributed by atoms with Gasteiger partial charge in [-0.3, -0.25) is 9.36 Å². The summed E-state index contributed by atoms with van der Waals surface area (Å²) >= 11 is 0. The van der Waals surface area contributed by atoms with Crippen molar-refractivity contribution in [1.29, 1.82) is 0 Å². The van der Waals surface area contributed by atoms with Crippen LogP contribution in [0.2, 0.25) is 0 Å². The van der Waals surface area contributed by atoms with E-state index in [2.05, 4.69) is 39.1 Å². The molecule has 2 aromatic heterocycles. The first-order valence-corrected chi connectivity index (χ1v) is 8.93. The second kappa shape index (κ2) is 6.44. The van der Waals surface area contributed by atoms with Crippen LogP contribution in [0.25, 0.3) is 10.8 Å². The summed E-state index contributed by atoms with van der Waals surface area (Å²) in [7, 11) is 1.86. The summed E-state index contributed by atoms with van der Waals surface area (Å²) in [6.07, 6.45) is 1.72. The largest absolute Gasteiger partial charge is 0.354 e. The van der Waals surface area contributed by atoms with Gasteiger partial charge in [0.15, 0.2) is 5.82 Å². The van der Waals surface area contributed by atoms with E-state index in [0.717, 1.165) is 59.7 Å². The van der Waals surface area contributed by atoms with Gasteiger partial charge in [-0.25, -0.2) is 0 Å². The van der Waals surface area contributed by atoms with Crippen molar-refractivity contribution in [1.82, 2.24) is 14.8 Å². The van der Waals surface area contributed by atoms with Crippen LogP contribution in [0.4, 0.5) is 11.6 Å². The molecule has 0 aliphatic carbocycles. The number of aromatic nitrogens is 3. The molecular weight excluding hydrogens is 326 g/mol. The highest BCUT2D eigenvalue weighted by Crippen LogP contribution is 2.23. The van der Waals surface area contributed by atoms with Crippen LogP contribution >= 0.6 is 0 Å². The Hall–Kier alpha value is -2.89. The topological polar surface area (TPSA) is 54.3 Å². The molecule has 1 fully saturated rings. The zero-order chi connectivity index (χ0) is 18.3. The maximum absolute atomic E-state index is 12.8. The SMILES string of the molecule is Cc1ccc2cc(N3CCN(c4nnccc4C)CC3)n(C)c(=O)c2c1. The standard InChI is InChI=1S/C20H23N5O/c1-14-4-5-16-13-18(23(3)20(26)17(16)12-14)24-8-10-25(11-9-24)19-15(2)6-7-21-22-19/h4-7,12-13H,8-11H2,1-3H3. The van der Waals surface area contributed by atoms with Crippen molar-refractivity contribution in [2.24, 2.45) is 7.05 Å². The molecule has 6 heteroatoms. The molecule has 1 saturated heterocycles. The first kappa shape index (κ1) is 16.6. The minimum Gasteiger partial charge on any atom is -0.354 e. The van der Waals surface area contributed by atoms with Crippen LogP contribution in [0.5, 0.6) is 0 Å². The van der Waals surface area contributed by atoms with Crippen LogP contribution in [0.1, 0.15) is 11.1 Å². The Kier molecular flexibility index (Phi) is 4.11. The van der Waals surface area contributed by atoms with Crippen LogP contribution in [-0.2, 0) is 7.05 Å². The summed E-state index contributed by atoms with van der Waals surface area (Å²) in [5, 5.41) is 10.1. The molecule has 26 heavy (non-hydrogen) atoms. The van der Waals surface area contributed by atoms with Gasteiger partial charge in [-0.15, -0.1) is 5.10 Å². The fourth-order valence-corrected chi connectivity index (χ4v) is 3.65. The van der Waals surface area contributed by atoms with Crippen molar-refractivity contribution in [3.8, 4) is 0 Å². The van der Waals surface area contributed by atoms with Crippen molar-refractivity contribution in [3.63, 3.8) is 0 Å². The number of hydrogen-bond donors (Lipinski definition) is 0. The number of fused-ring (bicyclic) bond motifs is 1. The summed E-state index contributed by atoms with van der Waals surface area (Å²) in [6, 6.07) is 10.2. The summed E-state index contributed by atoms with van der Waals surface area (Å²) < 4.78 is 1.77. The highest BCUT2D eigenvalue weighted by molar-refractivity contribution is 5.84. The number of pyridine rings is 1. The first-order chi connectivity index (χ1) is 12.5.